The quantitative estimate of drug-likeness (QED) is 0.412. The van der Waals surface area contributed by atoms with E-state index in [1.54, 1.807) is 7.05 Å². The van der Waals surface area contributed by atoms with Gasteiger partial charge in [0.15, 0.2) is 5.96 Å². The van der Waals surface area contributed by atoms with Crippen LogP contribution in [0, 0.1) is 5.92 Å². The van der Waals surface area contributed by atoms with Gasteiger partial charge in [-0.05, 0) is 42.4 Å². The number of nitrogens with one attached hydrogen (secondary N) is 3. The van der Waals surface area contributed by atoms with Crippen molar-refractivity contribution in [2.45, 2.75) is 45.1 Å². The molecule has 150 valence electrons. The lowest BCUT2D eigenvalue weighted by molar-refractivity contribution is -0.125. The minimum Gasteiger partial charge on any atom is -0.372 e. The van der Waals surface area contributed by atoms with Crippen LogP contribution in [0.25, 0.3) is 0 Å². The third-order valence-corrected chi connectivity index (χ3v) is 6.13. The van der Waals surface area contributed by atoms with Crippen LogP contribution in [-0.4, -0.2) is 48.5 Å². The molecule has 3 aliphatic rings. The number of guanidine groups is 1. The Labute approximate surface area is 164 Å². The molecule has 3 heterocycles. The second kappa shape index (κ2) is 7.43. The van der Waals surface area contributed by atoms with Gasteiger partial charge in [-0.2, -0.15) is 0 Å². The van der Waals surface area contributed by atoms with Crippen LogP contribution in [-0.2, 0) is 29.3 Å². The summed E-state index contributed by atoms with van der Waals surface area (Å²) in [4.78, 5) is 30.3. The highest BCUT2D eigenvalue weighted by Crippen LogP contribution is 2.30. The highest BCUT2D eigenvalue weighted by atomic mass is 16.5. The summed E-state index contributed by atoms with van der Waals surface area (Å²) in [6.45, 7) is 5.50. The number of urea groups is 1. The number of rotatable bonds is 3. The summed E-state index contributed by atoms with van der Waals surface area (Å²) in [5.74, 6) is 0.754. The van der Waals surface area contributed by atoms with E-state index in [9.17, 15) is 9.59 Å². The molecule has 8 heteroatoms. The van der Waals surface area contributed by atoms with Gasteiger partial charge in [-0.15, -0.1) is 0 Å². The number of amides is 3. The van der Waals surface area contributed by atoms with Crippen LogP contribution >= 0.6 is 0 Å². The van der Waals surface area contributed by atoms with Gasteiger partial charge in [0.1, 0.15) is 5.54 Å². The Bertz CT molecular complexity index is 816. The molecule has 8 nitrogen and oxygen atoms in total. The Kier molecular flexibility index (Phi) is 4.97. The fourth-order valence-corrected chi connectivity index (χ4v) is 4.36. The zero-order valence-corrected chi connectivity index (χ0v) is 16.4. The molecule has 4 rings (SSSR count). The molecule has 3 N–H and O–H groups in total. The van der Waals surface area contributed by atoms with Crippen molar-refractivity contribution < 1.29 is 14.3 Å². The van der Waals surface area contributed by atoms with Gasteiger partial charge in [0, 0.05) is 26.7 Å². The summed E-state index contributed by atoms with van der Waals surface area (Å²) in [5.41, 5.74) is 2.93. The maximum absolute atomic E-state index is 12.2. The van der Waals surface area contributed by atoms with Crippen LogP contribution in [0.1, 0.15) is 36.5 Å². The summed E-state index contributed by atoms with van der Waals surface area (Å²) < 4.78 is 5.48. The number of imide groups is 1. The molecule has 0 bridgehead atoms. The molecule has 0 aliphatic carbocycles. The average molecular weight is 385 g/mol. The Morgan fingerprint density at radius 2 is 2.04 bits per heavy atom. The van der Waals surface area contributed by atoms with Crippen LogP contribution in [0.4, 0.5) is 4.79 Å². The summed E-state index contributed by atoms with van der Waals surface area (Å²) in [7, 11) is 1.79. The van der Waals surface area contributed by atoms with E-state index in [4.69, 9.17) is 4.74 Å². The molecule has 1 aromatic rings. The van der Waals surface area contributed by atoms with Crippen LogP contribution in [0.5, 0.6) is 0 Å². The summed E-state index contributed by atoms with van der Waals surface area (Å²) >= 11 is 0. The second-order valence-corrected chi connectivity index (χ2v) is 7.87. The number of carbonyl (C=O) groups excluding carboxylic acids is 2. The lowest BCUT2D eigenvalue weighted by Crippen LogP contribution is -2.55. The predicted octanol–water partition coefficient (Wildman–Crippen LogP) is 1.10. The van der Waals surface area contributed by atoms with Crippen molar-refractivity contribution in [1.82, 2.24) is 20.9 Å². The lowest BCUT2D eigenvalue weighted by atomic mass is 9.79. The standard InChI is InChI=1S/C20H27N5O3/c1-20(17(26)23-19(27)24-20)16-5-7-25(8-6-16)18(21-2)22-10-13-3-4-14-11-28-12-15(14)9-13/h3-4,9,16H,5-8,10-12H2,1-2H3,(H,21,22)(H2,23,24,26,27). The van der Waals surface area contributed by atoms with E-state index in [-0.39, 0.29) is 11.8 Å². The van der Waals surface area contributed by atoms with Gasteiger partial charge in [0.05, 0.1) is 13.2 Å². The van der Waals surface area contributed by atoms with Crippen molar-refractivity contribution in [2.75, 3.05) is 20.1 Å². The third-order valence-electron chi connectivity index (χ3n) is 6.13. The molecule has 1 aromatic carbocycles. The molecule has 0 saturated carbocycles. The summed E-state index contributed by atoms with van der Waals surface area (Å²) in [6.07, 6.45) is 1.64. The van der Waals surface area contributed by atoms with Crippen LogP contribution in [0.15, 0.2) is 23.2 Å². The zero-order chi connectivity index (χ0) is 19.7. The minimum absolute atomic E-state index is 0.116. The highest BCUT2D eigenvalue weighted by molar-refractivity contribution is 6.07. The van der Waals surface area contributed by atoms with Crippen LogP contribution in [0.3, 0.4) is 0 Å². The average Bonchev–Trinajstić information content (AvgIpc) is 3.26. The normalized spacial score (nSPS) is 25.5. The largest absolute Gasteiger partial charge is 0.372 e. The predicted molar refractivity (Wildman–Crippen MR) is 105 cm³/mol. The first kappa shape index (κ1) is 18.7. The molecule has 2 fully saturated rings. The van der Waals surface area contributed by atoms with Crippen LogP contribution in [0.2, 0.25) is 0 Å². The number of ether oxygens (including phenoxy) is 1. The Morgan fingerprint density at radius 3 is 2.71 bits per heavy atom. The van der Waals surface area contributed by atoms with Crippen molar-refractivity contribution in [3.8, 4) is 0 Å². The number of fused-ring (bicyclic) bond motifs is 1. The maximum Gasteiger partial charge on any atom is 0.322 e. The van der Waals surface area contributed by atoms with Crippen molar-refractivity contribution in [2.24, 2.45) is 10.9 Å². The van der Waals surface area contributed by atoms with E-state index >= 15 is 0 Å². The molecule has 0 radical (unpaired) electrons. The minimum atomic E-state index is -0.813. The Balaban J connectivity index is 1.33. The highest BCUT2D eigenvalue weighted by Gasteiger charge is 2.48. The molecular formula is C20H27N5O3. The van der Waals surface area contributed by atoms with Gasteiger partial charge >= 0.3 is 6.03 Å². The van der Waals surface area contributed by atoms with E-state index in [0.717, 1.165) is 31.9 Å². The van der Waals surface area contributed by atoms with E-state index in [1.807, 2.05) is 6.92 Å². The first-order valence-corrected chi connectivity index (χ1v) is 9.77. The first-order valence-electron chi connectivity index (χ1n) is 9.77. The van der Waals surface area contributed by atoms with E-state index in [1.165, 1.54) is 16.7 Å². The van der Waals surface area contributed by atoms with Crippen molar-refractivity contribution in [1.29, 1.82) is 0 Å². The second-order valence-electron chi connectivity index (χ2n) is 7.87. The summed E-state index contributed by atoms with van der Waals surface area (Å²) in [5, 5.41) is 8.60. The molecule has 0 spiro atoms. The molecule has 2 saturated heterocycles. The van der Waals surface area contributed by atoms with Gasteiger partial charge in [-0.1, -0.05) is 18.2 Å². The van der Waals surface area contributed by atoms with E-state index in [0.29, 0.717) is 19.8 Å². The molecule has 3 amide bonds. The molecule has 3 aliphatic heterocycles. The molecule has 1 unspecified atom stereocenters. The topological polar surface area (TPSA) is 95.1 Å². The van der Waals surface area contributed by atoms with Crippen molar-refractivity contribution in [3.05, 3.63) is 34.9 Å². The number of aliphatic imine (C=N–C) groups is 1. The van der Waals surface area contributed by atoms with Crippen LogP contribution < -0.4 is 16.0 Å². The monoisotopic (exact) mass is 385 g/mol. The van der Waals surface area contributed by atoms with Crippen molar-refractivity contribution >= 4 is 17.9 Å². The number of piperidine rings is 1. The lowest BCUT2D eigenvalue weighted by Gasteiger charge is -2.39. The molecule has 0 aromatic heterocycles. The van der Waals surface area contributed by atoms with Gasteiger partial charge in [0.25, 0.3) is 5.91 Å². The molecule has 28 heavy (non-hydrogen) atoms. The summed E-state index contributed by atoms with van der Waals surface area (Å²) in [6, 6.07) is 6.06. The fourth-order valence-electron chi connectivity index (χ4n) is 4.36. The fraction of sp³-hybridized carbons (Fsp3) is 0.550. The molecule has 1 atom stereocenters. The van der Waals surface area contributed by atoms with Gasteiger partial charge in [0.2, 0.25) is 0 Å². The smallest absolute Gasteiger partial charge is 0.322 e. The van der Waals surface area contributed by atoms with Crippen molar-refractivity contribution in [3.63, 3.8) is 0 Å². The number of benzene rings is 1. The molecular weight excluding hydrogens is 358 g/mol. The van der Waals surface area contributed by atoms with E-state index in [2.05, 4.69) is 44.0 Å². The SMILES string of the molecule is CN=C(NCc1ccc2c(c1)COC2)N1CCC(C2(C)NC(=O)NC2=O)CC1. The zero-order valence-electron chi connectivity index (χ0n) is 16.4. The number of hydrogen-bond acceptors (Lipinski definition) is 4. The van der Waals surface area contributed by atoms with Gasteiger partial charge in [-0.25, -0.2) is 4.79 Å². The number of nitrogens with zero attached hydrogens (tertiary/aromatic N) is 2. The number of likely N-dealkylation sites (tertiary alicyclic amines) is 1. The number of carbonyl (C=O) groups is 2. The van der Waals surface area contributed by atoms with E-state index < -0.39 is 11.6 Å². The first-order chi connectivity index (χ1) is 13.5. The maximum atomic E-state index is 12.2. The van der Waals surface area contributed by atoms with Gasteiger partial charge in [-0.3, -0.25) is 15.1 Å². The third kappa shape index (κ3) is 3.44. The Hall–Kier alpha value is -2.61. The number of hydrogen-bond donors (Lipinski definition) is 3. The van der Waals surface area contributed by atoms with Gasteiger partial charge < -0.3 is 20.3 Å². The Morgan fingerprint density at radius 1 is 1.29 bits per heavy atom.